The van der Waals surface area contributed by atoms with Crippen molar-refractivity contribution >= 4 is 29.0 Å². The zero-order valence-corrected chi connectivity index (χ0v) is 19.4. The van der Waals surface area contributed by atoms with Gasteiger partial charge >= 0.3 is 0 Å². The van der Waals surface area contributed by atoms with Crippen LogP contribution in [0, 0.1) is 0 Å². The van der Waals surface area contributed by atoms with Crippen LogP contribution < -0.4 is 14.8 Å². The predicted molar refractivity (Wildman–Crippen MR) is 124 cm³/mol. The van der Waals surface area contributed by atoms with Gasteiger partial charge in [-0.1, -0.05) is 43.2 Å². The molecule has 3 heterocycles. The lowest BCUT2D eigenvalue weighted by molar-refractivity contribution is -0.118. The number of hydrogen-bond acceptors (Lipinski definition) is 7. The molecule has 1 saturated carbocycles. The fraction of sp³-hybridized carbons (Fsp3) is 0.435. The SMILES string of the molecule is O=C(CSc1nnc(Cc2cccs2)n1C1CCCCC1)NCc1ccc2c(c1)OCO2. The van der Waals surface area contributed by atoms with Crippen LogP contribution in [0.1, 0.15) is 54.4 Å². The van der Waals surface area contributed by atoms with Crippen LogP contribution in [0.15, 0.2) is 40.9 Å². The van der Waals surface area contributed by atoms with Gasteiger partial charge < -0.3 is 19.4 Å². The fourth-order valence-electron chi connectivity index (χ4n) is 4.23. The minimum Gasteiger partial charge on any atom is -0.454 e. The molecule has 168 valence electrons. The average Bonchev–Trinajstić information content (AvgIpc) is 3.58. The lowest BCUT2D eigenvalue weighted by Gasteiger charge is -2.25. The summed E-state index contributed by atoms with van der Waals surface area (Å²) in [4.78, 5) is 13.8. The normalized spacial score (nSPS) is 15.8. The largest absolute Gasteiger partial charge is 0.454 e. The number of benzene rings is 1. The summed E-state index contributed by atoms with van der Waals surface area (Å²) in [6.07, 6.45) is 6.86. The van der Waals surface area contributed by atoms with Crippen molar-refractivity contribution in [2.45, 2.75) is 56.3 Å². The summed E-state index contributed by atoms with van der Waals surface area (Å²) in [6, 6.07) is 10.4. The molecule has 2 aromatic heterocycles. The van der Waals surface area contributed by atoms with Gasteiger partial charge in [-0.25, -0.2) is 0 Å². The molecule has 0 bridgehead atoms. The summed E-state index contributed by atoms with van der Waals surface area (Å²) in [5.41, 5.74) is 0.983. The van der Waals surface area contributed by atoms with E-state index in [2.05, 4.69) is 37.6 Å². The second-order valence-corrected chi connectivity index (χ2v) is 10.0. The number of rotatable bonds is 8. The quantitative estimate of drug-likeness (QED) is 0.486. The van der Waals surface area contributed by atoms with Gasteiger partial charge in [-0.15, -0.1) is 21.5 Å². The Morgan fingerprint density at radius 3 is 2.88 bits per heavy atom. The smallest absolute Gasteiger partial charge is 0.231 e. The molecule has 9 heteroatoms. The zero-order chi connectivity index (χ0) is 21.8. The van der Waals surface area contributed by atoms with Crippen LogP contribution in [0.4, 0.5) is 0 Å². The maximum Gasteiger partial charge on any atom is 0.231 e. The third-order valence-electron chi connectivity index (χ3n) is 5.85. The van der Waals surface area contributed by atoms with Gasteiger partial charge in [0.15, 0.2) is 16.7 Å². The van der Waals surface area contributed by atoms with Crippen LogP contribution in [-0.4, -0.2) is 33.2 Å². The van der Waals surface area contributed by atoms with Crippen molar-refractivity contribution in [1.82, 2.24) is 20.1 Å². The Balaban J connectivity index is 1.22. The Hall–Kier alpha value is -2.52. The van der Waals surface area contributed by atoms with Crippen molar-refractivity contribution in [1.29, 1.82) is 0 Å². The molecule has 0 atom stereocenters. The molecule has 32 heavy (non-hydrogen) atoms. The van der Waals surface area contributed by atoms with Crippen LogP contribution in [0.3, 0.4) is 0 Å². The number of aromatic nitrogens is 3. The molecular formula is C23H26N4O3S2. The molecule has 1 amide bonds. The molecule has 0 saturated heterocycles. The number of thiophene rings is 1. The van der Waals surface area contributed by atoms with E-state index in [1.165, 1.54) is 35.9 Å². The molecule has 0 radical (unpaired) electrons. The minimum absolute atomic E-state index is 0.0225. The number of thioether (sulfide) groups is 1. The standard InChI is InChI=1S/C23H26N4O3S2/c28-22(24-13-16-8-9-19-20(11-16)30-15-29-19)14-32-23-26-25-21(12-18-7-4-10-31-18)27(23)17-5-2-1-3-6-17/h4,7-11,17H,1-3,5-6,12-15H2,(H,24,28). The Morgan fingerprint density at radius 1 is 1.16 bits per heavy atom. The van der Waals surface area contributed by atoms with Crippen molar-refractivity contribution in [2.75, 3.05) is 12.5 Å². The first kappa shape index (κ1) is 21.3. The van der Waals surface area contributed by atoms with Crippen molar-refractivity contribution in [3.63, 3.8) is 0 Å². The summed E-state index contributed by atoms with van der Waals surface area (Å²) in [5, 5.41) is 14.9. The van der Waals surface area contributed by atoms with E-state index in [0.717, 1.165) is 47.3 Å². The molecule has 2 aliphatic rings. The first-order chi connectivity index (χ1) is 15.8. The maximum absolute atomic E-state index is 12.5. The highest BCUT2D eigenvalue weighted by molar-refractivity contribution is 7.99. The Morgan fingerprint density at radius 2 is 2.03 bits per heavy atom. The molecule has 7 nitrogen and oxygen atoms in total. The van der Waals surface area contributed by atoms with Crippen molar-refractivity contribution in [2.24, 2.45) is 0 Å². The van der Waals surface area contributed by atoms with E-state index >= 15 is 0 Å². The van der Waals surface area contributed by atoms with Gasteiger partial charge in [-0.05, 0) is 42.0 Å². The number of fused-ring (bicyclic) bond motifs is 1. The first-order valence-corrected chi connectivity index (χ1v) is 12.9. The van der Waals surface area contributed by atoms with E-state index in [4.69, 9.17) is 9.47 Å². The third kappa shape index (κ3) is 4.94. The summed E-state index contributed by atoms with van der Waals surface area (Å²) in [5.74, 6) is 2.77. The van der Waals surface area contributed by atoms with Gasteiger partial charge in [0.05, 0.1) is 5.75 Å². The first-order valence-electron chi connectivity index (χ1n) is 11.0. The molecule has 5 rings (SSSR count). The number of nitrogens with zero attached hydrogens (tertiary/aromatic N) is 3. The van der Waals surface area contributed by atoms with Gasteiger partial charge in [0.1, 0.15) is 5.82 Å². The van der Waals surface area contributed by atoms with Gasteiger partial charge in [0, 0.05) is 23.9 Å². The average molecular weight is 471 g/mol. The second-order valence-electron chi connectivity index (χ2n) is 8.07. The third-order valence-corrected chi connectivity index (χ3v) is 7.67. The second kappa shape index (κ2) is 9.95. The van der Waals surface area contributed by atoms with E-state index in [1.54, 1.807) is 11.3 Å². The predicted octanol–water partition coefficient (Wildman–Crippen LogP) is 4.57. The molecule has 1 aromatic carbocycles. The van der Waals surface area contributed by atoms with E-state index in [1.807, 2.05) is 18.2 Å². The molecule has 0 unspecified atom stereocenters. The molecule has 0 spiro atoms. The van der Waals surface area contributed by atoms with Crippen LogP contribution >= 0.6 is 23.1 Å². The summed E-state index contributed by atoms with van der Waals surface area (Å²) in [7, 11) is 0. The van der Waals surface area contributed by atoms with E-state index in [9.17, 15) is 4.79 Å². The van der Waals surface area contributed by atoms with Gasteiger partial charge in [0.2, 0.25) is 12.7 Å². The van der Waals surface area contributed by atoms with E-state index in [-0.39, 0.29) is 12.7 Å². The number of amides is 1. The molecule has 1 fully saturated rings. The van der Waals surface area contributed by atoms with Crippen molar-refractivity contribution in [3.8, 4) is 11.5 Å². The van der Waals surface area contributed by atoms with Crippen LogP contribution in [-0.2, 0) is 17.8 Å². The lowest BCUT2D eigenvalue weighted by Crippen LogP contribution is -2.25. The maximum atomic E-state index is 12.5. The van der Waals surface area contributed by atoms with Crippen LogP contribution in [0.5, 0.6) is 11.5 Å². The topological polar surface area (TPSA) is 78.3 Å². The highest BCUT2D eigenvalue weighted by Crippen LogP contribution is 2.34. The van der Waals surface area contributed by atoms with Crippen molar-refractivity contribution in [3.05, 3.63) is 52.0 Å². The minimum atomic E-state index is -0.0225. The summed E-state index contributed by atoms with van der Waals surface area (Å²) >= 11 is 3.22. The molecule has 1 N–H and O–H groups in total. The summed E-state index contributed by atoms with van der Waals surface area (Å²) < 4.78 is 13.0. The molecule has 1 aliphatic carbocycles. The molecular weight excluding hydrogens is 444 g/mol. The van der Waals surface area contributed by atoms with E-state index < -0.39 is 0 Å². The Bertz CT molecular complexity index is 1060. The number of carbonyl (C=O) groups is 1. The number of carbonyl (C=O) groups excluding carboxylic acids is 1. The van der Waals surface area contributed by atoms with Crippen LogP contribution in [0.2, 0.25) is 0 Å². The zero-order valence-electron chi connectivity index (χ0n) is 17.8. The number of ether oxygens (including phenoxy) is 2. The molecule has 1 aliphatic heterocycles. The van der Waals surface area contributed by atoms with Crippen LogP contribution in [0.25, 0.3) is 0 Å². The molecule has 3 aromatic rings. The number of nitrogens with one attached hydrogen (secondary N) is 1. The Labute approximate surface area is 195 Å². The van der Waals surface area contributed by atoms with Crippen molar-refractivity contribution < 1.29 is 14.3 Å². The fourth-order valence-corrected chi connectivity index (χ4v) is 5.79. The number of hydrogen-bond donors (Lipinski definition) is 1. The van der Waals surface area contributed by atoms with Gasteiger partial charge in [0.25, 0.3) is 0 Å². The lowest BCUT2D eigenvalue weighted by atomic mass is 9.95. The highest BCUT2D eigenvalue weighted by Gasteiger charge is 2.24. The van der Waals surface area contributed by atoms with Gasteiger partial charge in [-0.2, -0.15) is 0 Å². The van der Waals surface area contributed by atoms with E-state index in [0.29, 0.717) is 18.3 Å². The monoisotopic (exact) mass is 470 g/mol. The van der Waals surface area contributed by atoms with Gasteiger partial charge in [-0.3, -0.25) is 4.79 Å². The summed E-state index contributed by atoms with van der Waals surface area (Å²) in [6.45, 7) is 0.701. The Kier molecular flexibility index (Phi) is 6.64. The highest BCUT2D eigenvalue weighted by atomic mass is 32.2.